The molecule has 0 aliphatic heterocycles. The van der Waals surface area contributed by atoms with Crippen molar-refractivity contribution in [2.75, 3.05) is 0 Å². The molecule has 0 saturated carbocycles. The average molecular weight is 684 g/mol. The van der Waals surface area contributed by atoms with Gasteiger partial charge in [0.15, 0.2) is 5.78 Å². The van der Waals surface area contributed by atoms with E-state index in [1.165, 1.54) is 87.9 Å². The van der Waals surface area contributed by atoms with Crippen LogP contribution in [0.1, 0.15) is 197 Å². The lowest BCUT2D eigenvalue weighted by molar-refractivity contribution is -0.113. The summed E-state index contributed by atoms with van der Waals surface area (Å²) in [6.07, 6.45) is 30.7. The van der Waals surface area contributed by atoms with E-state index in [9.17, 15) is 4.79 Å². The van der Waals surface area contributed by atoms with E-state index in [1.807, 2.05) is 19.1 Å². The van der Waals surface area contributed by atoms with Crippen LogP contribution < -0.4 is 0 Å². The lowest BCUT2D eigenvalue weighted by atomic mass is 9.94. The van der Waals surface area contributed by atoms with Crippen LogP contribution in [0, 0.1) is 5.92 Å². The highest BCUT2D eigenvalue weighted by Gasteiger charge is 2.14. The number of hydrogen-bond acceptors (Lipinski definition) is 4. The van der Waals surface area contributed by atoms with E-state index >= 15 is 0 Å². The molecule has 0 N–H and O–H groups in total. The Labute approximate surface area is 303 Å². The van der Waals surface area contributed by atoms with Gasteiger partial charge in [0.2, 0.25) is 0 Å². The predicted molar refractivity (Wildman–Crippen MR) is 220 cm³/mol. The summed E-state index contributed by atoms with van der Waals surface area (Å²) in [6.45, 7) is 27.3. The lowest BCUT2D eigenvalue weighted by Crippen LogP contribution is -1.96. The van der Waals surface area contributed by atoms with Crippen molar-refractivity contribution < 1.29 is 9.59 Å². The minimum Gasteiger partial charge on any atom is -0.304 e. The fourth-order valence-corrected chi connectivity index (χ4v) is 5.30. The standard InChI is InChI=1S/C29H43NOS.C9H20.C4H10.C2H4O/c1-9-13-17-25(24(8)31)19-23(7)29-30-28(20-32-29)26(12-4)27(22(6)15-10-2)18-14-16-21(5)11-3;1-3-5-7-9-8-6-4-2;1-3-4-2;1-2-3/h12,14,17-21H,9-11,13,15-16H2,1-8H3;3-9H2,1-2H3;3-4H2,1-2H3;2H,1H3/b18-14-,23-19+,25-17+,26-12+,27-22-;;;. The van der Waals surface area contributed by atoms with Gasteiger partial charge < -0.3 is 4.79 Å². The van der Waals surface area contributed by atoms with Crippen LogP contribution in [0.4, 0.5) is 0 Å². The van der Waals surface area contributed by atoms with E-state index in [0.29, 0.717) is 5.92 Å². The first kappa shape index (κ1) is 50.1. The quantitative estimate of drug-likeness (QED) is 0.0595. The van der Waals surface area contributed by atoms with Gasteiger partial charge in [0.05, 0.1) is 5.69 Å². The summed E-state index contributed by atoms with van der Waals surface area (Å²) in [6, 6.07) is 0. The second-order valence-corrected chi connectivity index (χ2v) is 13.5. The highest BCUT2D eigenvalue weighted by atomic mass is 32.1. The fourth-order valence-electron chi connectivity index (χ4n) is 4.51. The molecular formula is C44H77NO2S. The molecule has 1 aromatic rings. The third-order valence-electron chi connectivity index (χ3n) is 7.94. The van der Waals surface area contributed by atoms with Crippen molar-refractivity contribution in [1.29, 1.82) is 0 Å². The summed E-state index contributed by atoms with van der Waals surface area (Å²) in [7, 11) is 0. The van der Waals surface area contributed by atoms with Crippen molar-refractivity contribution in [3.63, 3.8) is 0 Å². The Hall–Kier alpha value is -2.33. The number of allylic oxidation sites excluding steroid dienone is 10. The first-order valence-corrected chi connectivity index (χ1v) is 20.2. The van der Waals surface area contributed by atoms with Gasteiger partial charge in [-0.25, -0.2) is 4.98 Å². The van der Waals surface area contributed by atoms with Gasteiger partial charge >= 0.3 is 0 Å². The number of hydrogen-bond donors (Lipinski definition) is 0. The highest BCUT2D eigenvalue weighted by Crippen LogP contribution is 2.32. The molecular weight excluding hydrogens is 607 g/mol. The third-order valence-corrected chi connectivity index (χ3v) is 8.92. The van der Waals surface area contributed by atoms with Crippen molar-refractivity contribution in [2.24, 2.45) is 5.92 Å². The van der Waals surface area contributed by atoms with Crippen molar-refractivity contribution in [2.45, 2.75) is 186 Å². The summed E-state index contributed by atoms with van der Waals surface area (Å²) in [5.41, 5.74) is 6.73. The Morgan fingerprint density at radius 2 is 1.40 bits per heavy atom. The Bertz CT molecular complexity index is 1080. The van der Waals surface area contributed by atoms with Crippen LogP contribution in [0.5, 0.6) is 0 Å². The zero-order chi connectivity index (χ0) is 37.2. The number of aldehydes is 1. The Kier molecular flexibility index (Phi) is 37.5. The molecule has 0 spiro atoms. The maximum Gasteiger partial charge on any atom is 0.159 e. The number of carbonyl (C=O) groups excluding carboxylic acids is 2. The molecule has 1 aromatic heterocycles. The maximum absolute atomic E-state index is 12.0. The molecule has 0 bridgehead atoms. The minimum absolute atomic E-state index is 0.107. The highest BCUT2D eigenvalue weighted by molar-refractivity contribution is 7.10. The van der Waals surface area contributed by atoms with Crippen LogP contribution in [0.3, 0.4) is 0 Å². The van der Waals surface area contributed by atoms with Gasteiger partial charge in [0, 0.05) is 16.5 Å². The van der Waals surface area contributed by atoms with Crippen LogP contribution in [0.15, 0.2) is 52.5 Å². The van der Waals surface area contributed by atoms with E-state index in [4.69, 9.17) is 9.78 Å². The molecule has 0 saturated heterocycles. The molecule has 48 heavy (non-hydrogen) atoms. The number of carbonyl (C=O) groups is 2. The number of Topliss-reactive ketones (excluding diaryl/α,β-unsaturated/α-hetero) is 1. The number of rotatable bonds is 20. The molecule has 0 fully saturated rings. The molecule has 4 heteroatoms. The summed E-state index contributed by atoms with van der Waals surface area (Å²) in [5.74, 6) is 0.804. The first-order valence-electron chi connectivity index (χ1n) is 19.3. The summed E-state index contributed by atoms with van der Waals surface area (Å²) >= 11 is 1.65. The second-order valence-electron chi connectivity index (χ2n) is 12.7. The summed E-state index contributed by atoms with van der Waals surface area (Å²) in [4.78, 5) is 25.8. The van der Waals surface area contributed by atoms with Crippen LogP contribution in [-0.2, 0) is 9.59 Å². The van der Waals surface area contributed by atoms with Gasteiger partial charge in [-0.15, -0.1) is 11.3 Å². The fraction of sp³-hybridized carbons (Fsp3) is 0.659. The summed E-state index contributed by atoms with van der Waals surface area (Å²) in [5, 5.41) is 3.12. The van der Waals surface area contributed by atoms with Gasteiger partial charge in [-0.05, 0) is 77.0 Å². The van der Waals surface area contributed by atoms with E-state index < -0.39 is 0 Å². The SMILES string of the molecule is CC=O.CCCC.CCCCCCCCC.C\C=C(C(/C=C\CC(C)CC)=C(/C)CCC)\c1csc(/C(C)=C/C(=C\CCC)C(C)=O)n1. The lowest BCUT2D eigenvalue weighted by Gasteiger charge is -2.12. The minimum atomic E-state index is 0.107. The van der Waals surface area contributed by atoms with Crippen molar-refractivity contribution in [3.8, 4) is 0 Å². The van der Waals surface area contributed by atoms with Crippen molar-refractivity contribution in [1.82, 2.24) is 4.98 Å². The maximum atomic E-state index is 12.0. The van der Waals surface area contributed by atoms with Crippen molar-refractivity contribution >= 4 is 34.6 Å². The van der Waals surface area contributed by atoms with Crippen LogP contribution >= 0.6 is 11.3 Å². The van der Waals surface area contributed by atoms with Gasteiger partial charge in [0.1, 0.15) is 11.3 Å². The van der Waals surface area contributed by atoms with Crippen LogP contribution in [0.25, 0.3) is 11.1 Å². The molecule has 0 radical (unpaired) electrons. The molecule has 0 amide bonds. The van der Waals surface area contributed by atoms with Gasteiger partial charge in [-0.1, -0.05) is 162 Å². The molecule has 0 aromatic carbocycles. The number of ketones is 1. The number of nitrogens with zero attached hydrogens (tertiary/aromatic N) is 1. The monoisotopic (exact) mass is 684 g/mol. The normalized spacial score (nSPS) is 13.0. The number of thiazole rings is 1. The topological polar surface area (TPSA) is 47.0 Å². The Balaban J connectivity index is -0.00000104. The molecule has 1 unspecified atom stereocenters. The molecule has 1 atom stereocenters. The van der Waals surface area contributed by atoms with Gasteiger partial charge in [-0.2, -0.15) is 0 Å². The molecule has 1 heterocycles. The Morgan fingerprint density at radius 3 is 1.83 bits per heavy atom. The molecule has 276 valence electrons. The zero-order valence-corrected chi connectivity index (χ0v) is 34.7. The van der Waals surface area contributed by atoms with Crippen LogP contribution in [0.2, 0.25) is 0 Å². The third kappa shape index (κ3) is 26.6. The van der Waals surface area contributed by atoms with Crippen molar-refractivity contribution in [3.05, 3.63) is 63.2 Å². The molecule has 3 nitrogen and oxygen atoms in total. The van der Waals surface area contributed by atoms with Gasteiger partial charge in [-0.3, -0.25) is 4.79 Å². The molecule has 0 aliphatic carbocycles. The molecule has 1 rings (SSSR count). The number of unbranched alkanes of at least 4 members (excludes halogenated alkanes) is 8. The second kappa shape index (κ2) is 36.0. The van der Waals surface area contributed by atoms with E-state index in [-0.39, 0.29) is 5.78 Å². The Morgan fingerprint density at radius 1 is 0.833 bits per heavy atom. The summed E-state index contributed by atoms with van der Waals surface area (Å²) < 4.78 is 0. The largest absolute Gasteiger partial charge is 0.304 e. The van der Waals surface area contributed by atoms with Gasteiger partial charge in [0.25, 0.3) is 0 Å². The van der Waals surface area contributed by atoms with E-state index in [1.54, 1.807) is 18.3 Å². The van der Waals surface area contributed by atoms with Crippen LogP contribution in [-0.4, -0.2) is 17.1 Å². The van der Waals surface area contributed by atoms with E-state index in [0.717, 1.165) is 60.2 Å². The smallest absolute Gasteiger partial charge is 0.159 e. The zero-order valence-electron chi connectivity index (χ0n) is 33.9. The molecule has 0 aliphatic rings. The predicted octanol–water partition coefficient (Wildman–Crippen LogP) is 15.1. The number of aromatic nitrogens is 1. The first-order chi connectivity index (χ1) is 23.0. The van der Waals surface area contributed by atoms with E-state index in [2.05, 4.69) is 92.8 Å². The average Bonchev–Trinajstić information content (AvgIpc) is 3.57.